The third kappa shape index (κ3) is 1.26. The van der Waals surface area contributed by atoms with Crippen molar-refractivity contribution in [1.29, 1.82) is 0 Å². The highest BCUT2D eigenvalue weighted by Crippen LogP contribution is 2.41. The maximum absolute atomic E-state index is 2.62. The van der Waals surface area contributed by atoms with Gasteiger partial charge in [-0.15, -0.1) is 0 Å². The molecule has 0 radical (unpaired) electrons. The first-order chi connectivity index (χ1) is 6.84. The lowest BCUT2D eigenvalue weighted by atomic mass is 9.84. The van der Waals surface area contributed by atoms with E-state index >= 15 is 0 Å². The molecule has 2 atom stereocenters. The van der Waals surface area contributed by atoms with Crippen LogP contribution in [0.15, 0.2) is 23.8 Å². The van der Waals surface area contributed by atoms with Crippen LogP contribution in [0.2, 0.25) is 0 Å². The van der Waals surface area contributed by atoms with Crippen LogP contribution >= 0.6 is 0 Å². The van der Waals surface area contributed by atoms with E-state index in [-0.39, 0.29) is 0 Å². The second-order valence-corrected chi connectivity index (χ2v) is 5.09. The van der Waals surface area contributed by atoms with Crippen LogP contribution in [0, 0.1) is 5.92 Å². The average Bonchev–Trinajstić information content (AvgIpc) is 2.75. The summed E-state index contributed by atoms with van der Waals surface area (Å²) < 4.78 is 0. The predicted octanol–water partition coefficient (Wildman–Crippen LogP) is 2.75. The Bertz CT molecular complexity index is 276. The Balaban J connectivity index is 1.74. The summed E-state index contributed by atoms with van der Waals surface area (Å²) in [6.07, 6.45) is 13.8. The van der Waals surface area contributed by atoms with E-state index in [4.69, 9.17) is 0 Å². The monoisotopic (exact) mass is 189 g/mol. The summed E-state index contributed by atoms with van der Waals surface area (Å²) in [5.41, 5.74) is 1.70. The Morgan fingerprint density at radius 1 is 1.21 bits per heavy atom. The zero-order valence-corrected chi connectivity index (χ0v) is 8.95. The molecule has 1 aliphatic carbocycles. The maximum Gasteiger partial charge on any atom is 0.0101 e. The van der Waals surface area contributed by atoms with Gasteiger partial charge in [0, 0.05) is 12.1 Å². The Hall–Kier alpha value is -0.560. The van der Waals surface area contributed by atoms with E-state index in [1.165, 1.54) is 32.1 Å². The molecule has 0 aromatic rings. The van der Waals surface area contributed by atoms with Gasteiger partial charge in [0.2, 0.25) is 0 Å². The second kappa shape index (κ2) is 3.23. The van der Waals surface area contributed by atoms with Crippen molar-refractivity contribution in [3.8, 4) is 0 Å². The first kappa shape index (κ1) is 8.72. The first-order valence-electron chi connectivity index (χ1n) is 5.92. The molecule has 3 aliphatic rings. The Labute approximate surface area is 86.5 Å². The molecule has 0 saturated carbocycles. The SMILES string of the molecule is CN1C2CCC1CC(C1=CC=CC1)C2. The van der Waals surface area contributed by atoms with Gasteiger partial charge in [-0.3, -0.25) is 0 Å². The molecule has 2 heterocycles. The number of rotatable bonds is 1. The Morgan fingerprint density at radius 3 is 2.50 bits per heavy atom. The van der Waals surface area contributed by atoms with Gasteiger partial charge in [0.1, 0.15) is 0 Å². The predicted molar refractivity (Wildman–Crippen MR) is 59.1 cm³/mol. The van der Waals surface area contributed by atoms with Crippen molar-refractivity contribution in [2.45, 2.75) is 44.2 Å². The first-order valence-corrected chi connectivity index (χ1v) is 5.92. The Kier molecular flexibility index (Phi) is 2.01. The van der Waals surface area contributed by atoms with Crippen LogP contribution in [-0.4, -0.2) is 24.0 Å². The molecule has 2 saturated heterocycles. The quantitative estimate of drug-likeness (QED) is 0.613. The molecular weight excluding hydrogens is 170 g/mol. The average molecular weight is 189 g/mol. The van der Waals surface area contributed by atoms with Crippen molar-refractivity contribution in [3.63, 3.8) is 0 Å². The van der Waals surface area contributed by atoms with Crippen LogP contribution in [0.25, 0.3) is 0 Å². The number of piperidine rings is 1. The molecule has 1 nitrogen and oxygen atoms in total. The zero-order valence-electron chi connectivity index (χ0n) is 8.95. The standard InChI is InChI=1S/C13H19N/c1-14-12-6-7-13(14)9-11(8-12)10-4-2-3-5-10/h2-4,11-13H,5-9H2,1H3. The Morgan fingerprint density at radius 2 is 1.93 bits per heavy atom. The van der Waals surface area contributed by atoms with E-state index in [0.29, 0.717) is 0 Å². The van der Waals surface area contributed by atoms with Crippen LogP contribution in [0.5, 0.6) is 0 Å². The number of fused-ring (bicyclic) bond motifs is 2. The van der Waals surface area contributed by atoms with Crippen LogP contribution in [-0.2, 0) is 0 Å². The van der Waals surface area contributed by atoms with E-state index in [0.717, 1.165) is 18.0 Å². The molecule has 14 heavy (non-hydrogen) atoms. The lowest BCUT2D eigenvalue weighted by molar-refractivity contribution is 0.147. The maximum atomic E-state index is 2.62. The van der Waals surface area contributed by atoms with Crippen LogP contribution in [0.4, 0.5) is 0 Å². The van der Waals surface area contributed by atoms with Gasteiger partial charge < -0.3 is 4.90 Å². The lowest BCUT2D eigenvalue weighted by Gasteiger charge is -2.37. The summed E-state index contributed by atoms with van der Waals surface area (Å²) in [6, 6.07) is 1.78. The lowest BCUT2D eigenvalue weighted by Crippen LogP contribution is -2.40. The third-order valence-corrected chi connectivity index (χ3v) is 4.42. The molecule has 0 amide bonds. The second-order valence-electron chi connectivity index (χ2n) is 5.09. The van der Waals surface area contributed by atoms with Crippen molar-refractivity contribution in [2.75, 3.05) is 7.05 Å². The van der Waals surface area contributed by atoms with E-state index in [1.807, 2.05) is 0 Å². The molecule has 2 unspecified atom stereocenters. The molecule has 0 aromatic carbocycles. The highest BCUT2D eigenvalue weighted by molar-refractivity contribution is 5.26. The van der Waals surface area contributed by atoms with Gasteiger partial charge in [0.15, 0.2) is 0 Å². The summed E-state index contributed by atoms with van der Waals surface area (Å²) >= 11 is 0. The van der Waals surface area contributed by atoms with E-state index in [1.54, 1.807) is 5.57 Å². The van der Waals surface area contributed by atoms with Gasteiger partial charge in [0.05, 0.1) is 0 Å². The molecule has 2 fully saturated rings. The number of allylic oxidation sites excluding steroid dienone is 4. The van der Waals surface area contributed by atoms with Gasteiger partial charge in [0.25, 0.3) is 0 Å². The van der Waals surface area contributed by atoms with Crippen molar-refractivity contribution in [2.24, 2.45) is 5.92 Å². The van der Waals surface area contributed by atoms with Crippen molar-refractivity contribution in [1.82, 2.24) is 4.90 Å². The van der Waals surface area contributed by atoms with Crippen molar-refractivity contribution >= 4 is 0 Å². The fraction of sp³-hybridized carbons (Fsp3) is 0.692. The zero-order chi connectivity index (χ0) is 9.54. The largest absolute Gasteiger partial charge is 0.300 e. The highest BCUT2D eigenvalue weighted by atomic mass is 15.2. The normalized spacial score (nSPS) is 41.8. The smallest absolute Gasteiger partial charge is 0.0101 e. The third-order valence-electron chi connectivity index (χ3n) is 4.42. The van der Waals surface area contributed by atoms with Crippen LogP contribution < -0.4 is 0 Å². The van der Waals surface area contributed by atoms with Gasteiger partial charge in [-0.05, 0) is 45.1 Å². The molecule has 2 bridgehead atoms. The number of hydrogen-bond acceptors (Lipinski definition) is 1. The van der Waals surface area contributed by atoms with Crippen molar-refractivity contribution < 1.29 is 0 Å². The summed E-state index contributed by atoms with van der Waals surface area (Å²) in [4.78, 5) is 2.62. The fourth-order valence-corrected chi connectivity index (χ4v) is 3.48. The summed E-state index contributed by atoms with van der Waals surface area (Å²) in [6.45, 7) is 0. The minimum Gasteiger partial charge on any atom is -0.300 e. The molecule has 0 aromatic heterocycles. The minimum absolute atomic E-state index is 0.889. The van der Waals surface area contributed by atoms with Crippen LogP contribution in [0.1, 0.15) is 32.1 Å². The van der Waals surface area contributed by atoms with Gasteiger partial charge in [-0.2, -0.15) is 0 Å². The van der Waals surface area contributed by atoms with Crippen molar-refractivity contribution in [3.05, 3.63) is 23.8 Å². The highest BCUT2D eigenvalue weighted by Gasteiger charge is 2.39. The summed E-state index contributed by atoms with van der Waals surface area (Å²) in [5, 5.41) is 0. The minimum atomic E-state index is 0.889. The molecule has 0 N–H and O–H groups in total. The molecular formula is C13H19N. The molecule has 1 heteroatoms. The van der Waals surface area contributed by atoms with Gasteiger partial charge >= 0.3 is 0 Å². The fourth-order valence-electron chi connectivity index (χ4n) is 3.48. The summed E-state index contributed by atoms with van der Waals surface area (Å²) in [7, 11) is 2.32. The van der Waals surface area contributed by atoms with E-state index in [9.17, 15) is 0 Å². The van der Waals surface area contributed by atoms with Crippen LogP contribution in [0.3, 0.4) is 0 Å². The number of hydrogen-bond donors (Lipinski definition) is 0. The molecule has 2 aliphatic heterocycles. The van der Waals surface area contributed by atoms with Gasteiger partial charge in [-0.1, -0.05) is 23.8 Å². The molecule has 76 valence electrons. The topological polar surface area (TPSA) is 3.24 Å². The number of nitrogens with zero attached hydrogens (tertiary/aromatic N) is 1. The molecule has 0 spiro atoms. The summed E-state index contributed by atoms with van der Waals surface area (Å²) in [5.74, 6) is 0.902. The van der Waals surface area contributed by atoms with Gasteiger partial charge in [-0.25, -0.2) is 0 Å². The van der Waals surface area contributed by atoms with E-state index < -0.39 is 0 Å². The van der Waals surface area contributed by atoms with E-state index in [2.05, 4.69) is 30.2 Å². The molecule has 3 rings (SSSR count).